The topological polar surface area (TPSA) is 93.9 Å². The molecule has 0 N–H and O–H groups in total. The number of ether oxygens (including phenoxy) is 1. The highest BCUT2D eigenvalue weighted by Gasteiger charge is 2.32. The normalized spacial score (nSPS) is 15.5. The SMILES string of the molecule is CC(=O)Oc1ccc(C(=O)N2CCC(S(=O)(=O)Cc3ccco3)CC2)cc1. The van der Waals surface area contributed by atoms with Gasteiger partial charge in [0.15, 0.2) is 9.84 Å². The summed E-state index contributed by atoms with van der Waals surface area (Å²) in [4.78, 5) is 25.2. The van der Waals surface area contributed by atoms with Crippen molar-refractivity contribution >= 4 is 21.7 Å². The number of furan rings is 1. The van der Waals surface area contributed by atoms with E-state index < -0.39 is 21.1 Å². The van der Waals surface area contributed by atoms with E-state index >= 15 is 0 Å². The highest BCUT2D eigenvalue weighted by Crippen LogP contribution is 2.23. The van der Waals surface area contributed by atoms with Crippen LogP contribution >= 0.6 is 0 Å². The zero-order valence-electron chi connectivity index (χ0n) is 15.0. The van der Waals surface area contributed by atoms with E-state index in [1.807, 2.05) is 0 Å². The molecule has 1 fully saturated rings. The van der Waals surface area contributed by atoms with Crippen molar-refractivity contribution in [2.45, 2.75) is 30.8 Å². The molecule has 0 aliphatic carbocycles. The Kier molecular flexibility index (Phi) is 5.65. The van der Waals surface area contributed by atoms with Crippen molar-refractivity contribution in [2.24, 2.45) is 0 Å². The third kappa shape index (κ3) is 4.77. The van der Waals surface area contributed by atoms with Gasteiger partial charge in [-0.1, -0.05) is 0 Å². The lowest BCUT2D eigenvalue weighted by molar-refractivity contribution is -0.131. The van der Waals surface area contributed by atoms with Crippen molar-refractivity contribution < 1.29 is 27.2 Å². The monoisotopic (exact) mass is 391 g/mol. The fraction of sp³-hybridized carbons (Fsp3) is 0.368. The number of carbonyl (C=O) groups is 2. The van der Waals surface area contributed by atoms with Gasteiger partial charge in [0.05, 0.1) is 11.5 Å². The molecule has 1 aliphatic heterocycles. The molecule has 0 unspecified atom stereocenters. The van der Waals surface area contributed by atoms with E-state index in [0.717, 1.165) is 0 Å². The van der Waals surface area contributed by atoms with E-state index in [-0.39, 0.29) is 11.7 Å². The number of sulfone groups is 1. The number of likely N-dealkylation sites (tertiary alicyclic amines) is 1. The molecule has 0 spiro atoms. The first-order valence-corrected chi connectivity index (χ1v) is 10.4. The van der Waals surface area contributed by atoms with Gasteiger partial charge in [0.1, 0.15) is 17.3 Å². The van der Waals surface area contributed by atoms with E-state index in [0.29, 0.717) is 43.0 Å². The summed E-state index contributed by atoms with van der Waals surface area (Å²) in [6.07, 6.45) is 2.26. The van der Waals surface area contributed by atoms with E-state index in [4.69, 9.17) is 9.15 Å². The largest absolute Gasteiger partial charge is 0.468 e. The molecule has 1 aromatic heterocycles. The summed E-state index contributed by atoms with van der Waals surface area (Å²) < 4.78 is 35.1. The number of piperidine rings is 1. The van der Waals surface area contributed by atoms with Crippen LogP contribution in [0.3, 0.4) is 0 Å². The Morgan fingerprint density at radius 2 is 1.81 bits per heavy atom. The summed E-state index contributed by atoms with van der Waals surface area (Å²) in [7, 11) is -3.32. The van der Waals surface area contributed by atoms with E-state index in [2.05, 4.69) is 0 Å². The van der Waals surface area contributed by atoms with Crippen LogP contribution in [0.4, 0.5) is 0 Å². The predicted molar refractivity (Wildman–Crippen MR) is 98.0 cm³/mol. The smallest absolute Gasteiger partial charge is 0.308 e. The van der Waals surface area contributed by atoms with E-state index in [9.17, 15) is 18.0 Å². The number of esters is 1. The first-order chi connectivity index (χ1) is 12.8. The quantitative estimate of drug-likeness (QED) is 0.574. The van der Waals surface area contributed by atoms with E-state index in [1.165, 1.54) is 13.2 Å². The summed E-state index contributed by atoms with van der Waals surface area (Å²) in [5, 5.41) is -0.474. The molecule has 2 heterocycles. The number of nitrogens with zero attached hydrogens (tertiary/aromatic N) is 1. The molecular formula is C19H21NO6S. The van der Waals surface area contributed by atoms with Crippen LogP contribution in [-0.2, 0) is 20.4 Å². The summed E-state index contributed by atoms with van der Waals surface area (Å²) >= 11 is 0. The molecule has 144 valence electrons. The van der Waals surface area contributed by atoms with Gasteiger partial charge >= 0.3 is 5.97 Å². The maximum absolute atomic E-state index is 12.6. The number of rotatable bonds is 5. The molecule has 7 nitrogen and oxygen atoms in total. The minimum Gasteiger partial charge on any atom is -0.468 e. The lowest BCUT2D eigenvalue weighted by atomic mass is 10.1. The molecule has 0 saturated carbocycles. The Balaban J connectivity index is 1.58. The molecule has 0 atom stereocenters. The number of carbonyl (C=O) groups excluding carboxylic acids is 2. The van der Waals surface area contributed by atoms with Crippen LogP contribution in [0.5, 0.6) is 5.75 Å². The standard InChI is InChI=1S/C19H21NO6S/c1-14(21)26-16-6-4-15(5-7-16)19(22)20-10-8-18(9-11-20)27(23,24)13-17-3-2-12-25-17/h2-7,12,18H,8-11,13H2,1H3. The van der Waals surface area contributed by atoms with Gasteiger partial charge in [0.2, 0.25) is 0 Å². The van der Waals surface area contributed by atoms with Gasteiger partial charge in [-0.3, -0.25) is 9.59 Å². The average Bonchev–Trinajstić information content (AvgIpc) is 3.14. The molecule has 2 aromatic rings. The van der Waals surface area contributed by atoms with Crippen molar-refractivity contribution in [2.75, 3.05) is 13.1 Å². The summed E-state index contributed by atoms with van der Waals surface area (Å²) in [5.41, 5.74) is 0.475. The minimum absolute atomic E-state index is 0.115. The van der Waals surface area contributed by atoms with Crippen molar-refractivity contribution in [3.63, 3.8) is 0 Å². The lowest BCUT2D eigenvalue weighted by Crippen LogP contribution is -2.42. The number of amides is 1. The van der Waals surface area contributed by atoms with Crippen LogP contribution in [0.15, 0.2) is 47.1 Å². The van der Waals surface area contributed by atoms with Crippen LogP contribution < -0.4 is 4.74 Å². The molecule has 27 heavy (non-hydrogen) atoms. The Hall–Kier alpha value is -2.61. The zero-order chi connectivity index (χ0) is 19.4. The fourth-order valence-corrected chi connectivity index (χ4v) is 4.87. The second-order valence-corrected chi connectivity index (χ2v) is 8.78. The van der Waals surface area contributed by atoms with Gasteiger partial charge in [-0.25, -0.2) is 8.42 Å². The van der Waals surface area contributed by atoms with E-state index in [1.54, 1.807) is 41.3 Å². The Bertz CT molecular complexity index is 894. The predicted octanol–water partition coefficient (Wildman–Crippen LogP) is 2.42. The molecule has 1 amide bonds. The third-order valence-corrected chi connectivity index (χ3v) is 6.70. The molecule has 0 bridgehead atoms. The summed E-state index contributed by atoms with van der Waals surface area (Å²) in [6, 6.07) is 9.64. The van der Waals surface area contributed by atoms with Gasteiger partial charge < -0.3 is 14.1 Å². The van der Waals surface area contributed by atoms with Crippen LogP contribution in [-0.4, -0.2) is 43.5 Å². The summed E-state index contributed by atoms with van der Waals surface area (Å²) in [5.74, 6) is 0.109. The fourth-order valence-electron chi connectivity index (χ4n) is 3.14. The molecule has 1 aliphatic rings. The van der Waals surface area contributed by atoms with Crippen molar-refractivity contribution in [1.29, 1.82) is 0 Å². The highest BCUT2D eigenvalue weighted by atomic mass is 32.2. The van der Waals surface area contributed by atoms with Crippen LogP contribution in [0.25, 0.3) is 0 Å². The number of hydrogen-bond acceptors (Lipinski definition) is 6. The second kappa shape index (κ2) is 7.96. The Morgan fingerprint density at radius 3 is 2.37 bits per heavy atom. The number of benzene rings is 1. The first kappa shape index (κ1) is 19.2. The molecule has 3 rings (SSSR count). The molecule has 1 aromatic carbocycles. The first-order valence-electron chi connectivity index (χ1n) is 8.67. The zero-order valence-corrected chi connectivity index (χ0v) is 15.8. The van der Waals surface area contributed by atoms with Crippen molar-refractivity contribution in [3.05, 3.63) is 54.0 Å². The molecule has 1 saturated heterocycles. The Labute approximate surface area is 157 Å². The van der Waals surface area contributed by atoms with Gasteiger partial charge in [-0.2, -0.15) is 0 Å². The number of hydrogen-bond donors (Lipinski definition) is 0. The molecular weight excluding hydrogens is 370 g/mol. The van der Waals surface area contributed by atoms with Crippen LogP contribution in [0, 0.1) is 0 Å². The maximum Gasteiger partial charge on any atom is 0.308 e. The summed E-state index contributed by atoms with van der Waals surface area (Å²) in [6.45, 7) is 2.07. The average molecular weight is 391 g/mol. The van der Waals surface area contributed by atoms with Gasteiger partial charge in [0, 0.05) is 25.6 Å². The van der Waals surface area contributed by atoms with Crippen LogP contribution in [0.1, 0.15) is 35.9 Å². The van der Waals surface area contributed by atoms with Crippen molar-refractivity contribution in [1.82, 2.24) is 4.90 Å². The highest BCUT2D eigenvalue weighted by molar-refractivity contribution is 7.91. The third-order valence-electron chi connectivity index (χ3n) is 4.52. The second-order valence-electron chi connectivity index (χ2n) is 6.50. The lowest BCUT2D eigenvalue weighted by Gasteiger charge is -2.31. The van der Waals surface area contributed by atoms with Gasteiger partial charge in [-0.05, 0) is 49.2 Å². The van der Waals surface area contributed by atoms with Gasteiger partial charge in [0.25, 0.3) is 5.91 Å². The van der Waals surface area contributed by atoms with Crippen molar-refractivity contribution in [3.8, 4) is 5.75 Å². The maximum atomic E-state index is 12.6. The minimum atomic E-state index is -3.32. The Morgan fingerprint density at radius 1 is 1.15 bits per heavy atom. The van der Waals surface area contributed by atoms with Crippen LogP contribution in [0.2, 0.25) is 0 Å². The molecule has 8 heteroatoms. The molecule has 0 radical (unpaired) electrons. The van der Waals surface area contributed by atoms with Gasteiger partial charge in [-0.15, -0.1) is 0 Å².